The van der Waals surface area contributed by atoms with Gasteiger partial charge in [-0.05, 0) is 66.9 Å². The maximum absolute atomic E-state index is 13.0. The van der Waals surface area contributed by atoms with Gasteiger partial charge < -0.3 is 15.4 Å². The zero-order valence-electron chi connectivity index (χ0n) is 15.8. The van der Waals surface area contributed by atoms with Gasteiger partial charge in [-0.1, -0.05) is 36.4 Å². The fraction of sp³-hybridized carbons (Fsp3) is 0.174. The first-order valence-electron chi connectivity index (χ1n) is 8.90. The zero-order chi connectivity index (χ0) is 19.2. The Balaban J connectivity index is 1.85. The van der Waals surface area contributed by atoms with Gasteiger partial charge in [0.15, 0.2) is 0 Å². The topological polar surface area (TPSA) is 50.4 Å². The highest BCUT2D eigenvalue weighted by molar-refractivity contribution is 5.97. The molecule has 4 heteroatoms. The summed E-state index contributed by atoms with van der Waals surface area (Å²) < 4.78 is 5.17. The molecular weight excluding hydrogens is 336 g/mol. The summed E-state index contributed by atoms with van der Waals surface area (Å²) in [6.07, 6.45) is 0. The molecule has 27 heavy (non-hydrogen) atoms. The summed E-state index contributed by atoms with van der Waals surface area (Å²) >= 11 is 0. The van der Waals surface area contributed by atoms with Gasteiger partial charge in [0.2, 0.25) is 0 Å². The minimum atomic E-state index is -0.505. The van der Waals surface area contributed by atoms with Crippen LogP contribution in [0, 0.1) is 13.8 Å². The minimum absolute atomic E-state index is 0.120. The Morgan fingerprint density at radius 3 is 2.07 bits per heavy atom. The van der Waals surface area contributed by atoms with Crippen molar-refractivity contribution in [3.8, 4) is 5.75 Å². The van der Waals surface area contributed by atoms with Crippen LogP contribution in [0.1, 0.15) is 22.7 Å². The maximum Gasteiger partial charge on any atom is 0.251 e. The lowest BCUT2D eigenvalue weighted by Crippen LogP contribution is -2.27. The molecule has 1 atom stereocenters. The van der Waals surface area contributed by atoms with Crippen LogP contribution in [-0.4, -0.2) is 13.0 Å². The van der Waals surface area contributed by atoms with Crippen molar-refractivity contribution in [2.45, 2.75) is 19.9 Å². The Bertz CT molecular complexity index is 885. The van der Waals surface area contributed by atoms with Crippen molar-refractivity contribution in [2.24, 2.45) is 0 Å². The maximum atomic E-state index is 13.0. The van der Waals surface area contributed by atoms with Crippen molar-refractivity contribution in [3.63, 3.8) is 0 Å². The first kappa shape index (κ1) is 18.5. The predicted molar refractivity (Wildman–Crippen MR) is 110 cm³/mol. The van der Waals surface area contributed by atoms with Gasteiger partial charge in [-0.2, -0.15) is 0 Å². The van der Waals surface area contributed by atoms with Crippen molar-refractivity contribution < 1.29 is 9.53 Å². The number of carbonyl (C=O) groups is 1. The minimum Gasteiger partial charge on any atom is -0.497 e. The number of nitrogens with one attached hydrogen (secondary N) is 2. The molecule has 3 rings (SSSR count). The fourth-order valence-electron chi connectivity index (χ4n) is 3.06. The number of hydrogen-bond acceptors (Lipinski definition) is 3. The number of amides is 1. The molecule has 3 aromatic carbocycles. The van der Waals surface area contributed by atoms with Gasteiger partial charge in [0, 0.05) is 11.4 Å². The van der Waals surface area contributed by atoms with Gasteiger partial charge in [-0.25, -0.2) is 0 Å². The highest BCUT2D eigenvalue weighted by atomic mass is 16.5. The van der Waals surface area contributed by atoms with E-state index in [4.69, 9.17) is 4.74 Å². The van der Waals surface area contributed by atoms with Crippen LogP contribution in [0.3, 0.4) is 0 Å². The molecule has 0 aromatic heterocycles. The predicted octanol–water partition coefficient (Wildman–Crippen LogP) is 5.10. The molecule has 3 aromatic rings. The molecule has 0 fully saturated rings. The van der Waals surface area contributed by atoms with Gasteiger partial charge >= 0.3 is 0 Å². The first-order chi connectivity index (χ1) is 13.0. The van der Waals surface area contributed by atoms with E-state index in [1.165, 1.54) is 0 Å². The molecule has 0 spiro atoms. The van der Waals surface area contributed by atoms with Crippen LogP contribution < -0.4 is 15.4 Å². The number of rotatable bonds is 6. The van der Waals surface area contributed by atoms with Gasteiger partial charge in [-0.15, -0.1) is 0 Å². The van der Waals surface area contributed by atoms with E-state index in [-0.39, 0.29) is 5.91 Å². The molecule has 2 N–H and O–H groups in total. The van der Waals surface area contributed by atoms with Crippen LogP contribution in [0.25, 0.3) is 0 Å². The molecule has 0 radical (unpaired) electrons. The molecule has 0 saturated heterocycles. The third-order valence-electron chi connectivity index (χ3n) is 4.29. The molecule has 0 aliphatic carbocycles. The smallest absolute Gasteiger partial charge is 0.251 e. The molecule has 1 amide bonds. The average molecular weight is 360 g/mol. The zero-order valence-corrected chi connectivity index (χ0v) is 15.8. The van der Waals surface area contributed by atoms with Crippen LogP contribution in [0.5, 0.6) is 5.75 Å². The molecule has 4 nitrogen and oxygen atoms in total. The molecule has 0 heterocycles. The number of hydrogen-bond donors (Lipinski definition) is 2. The van der Waals surface area contributed by atoms with E-state index in [1.54, 1.807) is 7.11 Å². The molecule has 0 saturated carbocycles. The molecule has 0 aliphatic heterocycles. The van der Waals surface area contributed by atoms with E-state index < -0.39 is 6.04 Å². The lowest BCUT2D eigenvalue weighted by molar-refractivity contribution is -0.117. The largest absolute Gasteiger partial charge is 0.497 e. The number of aryl methyl sites for hydroxylation is 2. The van der Waals surface area contributed by atoms with Gasteiger partial charge in [-0.3, -0.25) is 4.79 Å². The van der Waals surface area contributed by atoms with Crippen molar-refractivity contribution in [1.82, 2.24) is 0 Å². The number of benzene rings is 3. The SMILES string of the molecule is COc1ccc(NC(=O)C(Nc2cc(C)cc(C)c2)c2ccccc2)cc1. The number of anilines is 2. The highest BCUT2D eigenvalue weighted by Crippen LogP contribution is 2.24. The summed E-state index contributed by atoms with van der Waals surface area (Å²) in [7, 11) is 1.62. The van der Waals surface area contributed by atoms with E-state index >= 15 is 0 Å². The quantitative estimate of drug-likeness (QED) is 0.643. The van der Waals surface area contributed by atoms with E-state index in [0.29, 0.717) is 0 Å². The van der Waals surface area contributed by atoms with Gasteiger partial charge in [0.25, 0.3) is 5.91 Å². The normalized spacial score (nSPS) is 11.5. The van der Waals surface area contributed by atoms with Crippen LogP contribution in [0.4, 0.5) is 11.4 Å². The van der Waals surface area contributed by atoms with Crippen LogP contribution >= 0.6 is 0 Å². The van der Waals surface area contributed by atoms with Crippen molar-refractivity contribution >= 4 is 17.3 Å². The van der Waals surface area contributed by atoms with E-state index in [2.05, 4.69) is 16.7 Å². The Morgan fingerprint density at radius 2 is 1.48 bits per heavy atom. The standard InChI is InChI=1S/C23H24N2O2/c1-16-13-17(2)15-20(14-16)24-22(18-7-5-4-6-8-18)23(26)25-19-9-11-21(27-3)12-10-19/h4-15,22,24H,1-3H3,(H,25,26). The fourth-order valence-corrected chi connectivity index (χ4v) is 3.06. The Kier molecular flexibility index (Phi) is 5.77. The highest BCUT2D eigenvalue weighted by Gasteiger charge is 2.21. The van der Waals surface area contributed by atoms with Crippen LogP contribution in [0.2, 0.25) is 0 Å². The molecule has 1 unspecified atom stereocenters. The second-order valence-electron chi connectivity index (χ2n) is 6.58. The third-order valence-corrected chi connectivity index (χ3v) is 4.29. The summed E-state index contributed by atoms with van der Waals surface area (Å²) in [5.41, 5.74) is 4.86. The van der Waals surface area contributed by atoms with Gasteiger partial charge in [0.1, 0.15) is 11.8 Å². The Morgan fingerprint density at radius 1 is 0.852 bits per heavy atom. The number of carbonyl (C=O) groups excluding carboxylic acids is 1. The molecule has 0 aliphatic rings. The van der Waals surface area contributed by atoms with Crippen LogP contribution in [0.15, 0.2) is 72.8 Å². The second kappa shape index (κ2) is 8.41. The lowest BCUT2D eigenvalue weighted by Gasteiger charge is -2.21. The monoisotopic (exact) mass is 360 g/mol. The second-order valence-corrected chi connectivity index (χ2v) is 6.58. The number of methoxy groups -OCH3 is 1. The Hall–Kier alpha value is -3.27. The number of ether oxygens (including phenoxy) is 1. The van der Waals surface area contributed by atoms with Crippen molar-refractivity contribution in [2.75, 3.05) is 17.7 Å². The van der Waals surface area contributed by atoms with Gasteiger partial charge in [0.05, 0.1) is 7.11 Å². The first-order valence-corrected chi connectivity index (χ1v) is 8.90. The summed E-state index contributed by atoms with van der Waals surface area (Å²) in [5, 5.41) is 6.37. The van der Waals surface area contributed by atoms with Crippen LogP contribution in [-0.2, 0) is 4.79 Å². The van der Waals surface area contributed by atoms with E-state index in [1.807, 2.05) is 80.6 Å². The summed E-state index contributed by atoms with van der Waals surface area (Å²) in [6.45, 7) is 4.10. The molecular formula is C23H24N2O2. The molecule has 138 valence electrons. The van der Waals surface area contributed by atoms with E-state index in [9.17, 15) is 4.79 Å². The van der Waals surface area contributed by atoms with Crippen molar-refractivity contribution in [3.05, 3.63) is 89.5 Å². The van der Waals surface area contributed by atoms with Crippen molar-refractivity contribution in [1.29, 1.82) is 0 Å². The lowest BCUT2D eigenvalue weighted by atomic mass is 10.0. The molecule has 0 bridgehead atoms. The summed E-state index contributed by atoms with van der Waals surface area (Å²) in [6, 6.07) is 22.7. The Labute approximate surface area is 160 Å². The third kappa shape index (κ3) is 4.88. The average Bonchev–Trinajstić information content (AvgIpc) is 2.66. The van der Waals surface area contributed by atoms with E-state index in [0.717, 1.165) is 33.8 Å². The summed E-state index contributed by atoms with van der Waals surface area (Å²) in [5.74, 6) is 0.631. The summed E-state index contributed by atoms with van der Waals surface area (Å²) in [4.78, 5) is 13.0.